The second kappa shape index (κ2) is 9.33. The summed E-state index contributed by atoms with van der Waals surface area (Å²) in [6.45, 7) is 0.797. The largest absolute Gasteiger partial charge is 1.00 e. The molecular weight excluding hydrogens is 210 g/mol. The molecule has 0 saturated heterocycles. The normalized spacial score (nSPS) is 7.00. The molecule has 0 rings (SSSR count). The molecule has 40 valence electrons. The van der Waals surface area contributed by atoms with E-state index in [2.05, 4.69) is 15.9 Å². The standard InChI is InChI=1S/C3H8BrN.BrH/c4-2-1-3-5;/h1-3,5H2;1H. The lowest BCUT2D eigenvalue weighted by Crippen LogP contribution is -3.00. The molecule has 0 aromatic carbocycles. The lowest BCUT2D eigenvalue weighted by atomic mass is 10.5. The summed E-state index contributed by atoms with van der Waals surface area (Å²) < 4.78 is 0. The van der Waals surface area contributed by atoms with Gasteiger partial charge in [-0.1, -0.05) is 15.9 Å². The van der Waals surface area contributed by atoms with Crippen molar-refractivity contribution in [1.82, 2.24) is 0 Å². The fraction of sp³-hybridized carbons (Fsp3) is 1.00. The molecule has 0 heterocycles. The minimum absolute atomic E-state index is 0. The lowest BCUT2D eigenvalue weighted by Gasteiger charge is -1.78. The third-order valence-corrected chi connectivity index (χ3v) is 0.898. The van der Waals surface area contributed by atoms with Crippen LogP contribution in [0.15, 0.2) is 0 Å². The summed E-state index contributed by atoms with van der Waals surface area (Å²) in [7, 11) is 0. The van der Waals surface area contributed by atoms with Gasteiger partial charge >= 0.3 is 1.43 Å². The zero-order valence-corrected chi connectivity index (χ0v) is 6.63. The van der Waals surface area contributed by atoms with Gasteiger partial charge in [0.05, 0.1) is 0 Å². The number of nitrogens with two attached hydrogens (primary N) is 1. The van der Waals surface area contributed by atoms with E-state index >= 15 is 0 Å². The van der Waals surface area contributed by atoms with Crippen LogP contribution in [0, 0.1) is 0 Å². The van der Waals surface area contributed by atoms with Crippen molar-refractivity contribution in [2.75, 3.05) is 11.9 Å². The molecule has 0 aliphatic rings. The van der Waals surface area contributed by atoms with E-state index in [0.29, 0.717) is 0 Å². The van der Waals surface area contributed by atoms with Crippen molar-refractivity contribution in [2.45, 2.75) is 6.42 Å². The molecule has 0 aromatic rings. The Bertz CT molecular complexity index is 20.4. The van der Waals surface area contributed by atoms with Crippen molar-refractivity contribution >= 4 is 15.9 Å². The molecule has 3 heteroatoms. The van der Waals surface area contributed by atoms with Crippen LogP contribution in [0.25, 0.3) is 0 Å². The van der Waals surface area contributed by atoms with Crippen LogP contribution in [0.2, 0.25) is 0 Å². The van der Waals surface area contributed by atoms with Gasteiger partial charge in [0.25, 0.3) is 0 Å². The highest BCUT2D eigenvalue weighted by atomic mass is 79.9. The fourth-order valence-electron chi connectivity index (χ4n) is 0.0772. The summed E-state index contributed by atoms with van der Waals surface area (Å²) in [6.07, 6.45) is 1.08. The van der Waals surface area contributed by atoms with E-state index in [-0.39, 0.29) is 18.4 Å². The van der Waals surface area contributed by atoms with Crippen molar-refractivity contribution in [3.8, 4) is 0 Å². The monoisotopic (exact) mass is 217 g/mol. The predicted molar refractivity (Wildman–Crippen MR) is 28.6 cm³/mol. The summed E-state index contributed by atoms with van der Waals surface area (Å²) in [5.74, 6) is 0. The first-order chi connectivity index (χ1) is 2.41. The Hall–Kier alpha value is 0.920. The van der Waals surface area contributed by atoms with Crippen molar-refractivity contribution in [3.05, 3.63) is 0 Å². The van der Waals surface area contributed by atoms with Gasteiger partial charge in [0.2, 0.25) is 0 Å². The SMILES string of the molecule is NCCCBr.[Br-].[H+]. The van der Waals surface area contributed by atoms with Crippen LogP contribution in [0.1, 0.15) is 7.85 Å². The molecular formula is C3H9Br2N. The smallest absolute Gasteiger partial charge is 1.00 e. The molecule has 0 saturated carbocycles. The number of hydrogen-bond donors (Lipinski definition) is 1. The average molecular weight is 219 g/mol. The molecule has 0 radical (unpaired) electrons. The average Bonchev–Trinajstić information content (AvgIpc) is 1.41. The fourth-order valence-corrected chi connectivity index (χ4v) is 0.401. The first-order valence-corrected chi connectivity index (χ1v) is 2.80. The molecule has 0 spiro atoms. The second-order valence-corrected chi connectivity index (χ2v) is 1.62. The van der Waals surface area contributed by atoms with E-state index in [0.717, 1.165) is 18.3 Å². The maximum atomic E-state index is 5.11. The highest BCUT2D eigenvalue weighted by molar-refractivity contribution is 9.09. The molecule has 0 atom stereocenters. The van der Waals surface area contributed by atoms with E-state index in [1.807, 2.05) is 0 Å². The van der Waals surface area contributed by atoms with Crippen LogP contribution in [-0.4, -0.2) is 11.9 Å². The van der Waals surface area contributed by atoms with E-state index < -0.39 is 0 Å². The second-order valence-electron chi connectivity index (χ2n) is 0.831. The topological polar surface area (TPSA) is 26.0 Å². The maximum Gasteiger partial charge on any atom is 1.00 e. The third kappa shape index (κ3) is 8.87. The molecule has 0 aliphatic heterocycles. The van der Waals surface area contributed by atoms with Gasteiger partial charge in [-0.3, -0.25) is 0 Å². The zero-order valence-electron chi connectivity index (χ0n) is 4.45. The van der Waals surface area contributed by atoms with E-state index in [9.17, 15) is 0 Å². The molecule has 6 heavy (non-hydrogen) atoms. The predicted octanol–water partition coefficient (Wildman–Crippen LogP) is -2.15. The Morgan fingerprint density at radius 1 is 1.67 bits per heavy atom. The molecule has 0 bridgehead atoms. The molecule has 1 nitrogen and oxygen atoms in total. The van der Waals surface area contributed by atoms with Gasteiger partial charge in [-0.25, -0.2) is 0 Å². The molecule has 0 amide bonds. The van der Waals surface area contributed by atoms with E-state index in [1.54, 1.807) is 0 Å². The summed E-state index contributed by atoms with van der Waals surface area (Å²) >= 11 is 3.23. The van der Waals surface area contributed by atoms with Gasteiger partial charge in [-0.2, -0.15) is 0 Å². The van der Waals surface area contributed by atoms with Crippen molar-refractivity contribution in [2.24, 2.45) is 5.73 Å². The minimum atomic E-state index is 0. The summed E-state index contributed by atoms with van der Waals surface area (Å²) in [6, 6.07) is 0. The third-order valence-electron chi connectivity index (χ3n) is 0.338. The Kier molecular flexibility index (Phi) is 15.6. The Morgan fingerprint density at radius 3 is 2.17 bits per heavy atom. The molecule has 0 fully saturated rings. The van der Waals surface area contributed by atoms with Crippen LogP contribution >= 0.6 is 15.9 Å². The summed E-state index contributed by atoms with van der Waals surface area (Å²) in [4.78, 5) is 0. The minimum Gasteiger partial charge on any atom is -1.00 e. The zero-order chi connectivity index (χ0) is 4.12. The van der Waals surface area contributed by atoms with Crippen molar-refractivity contribution in [1.29, 1.82) is 0 Å². The van der Waals surface area contributed by atoms with Gasteiger partial charge in [0.15, 0.2) is 0 Å². The summed E-state index contributed by atoms with van der Waals surface area (Å²) in [5, 5.41) is 1.03. The number of hydrogen-bond acceptors (Lipinski definition) is 1. The Labute approximate surface area is 58.7 Å². The van der Waals surface area contributed by atoms with Gasteiger partial charge in [-0.15, -0.1) is 0 Å². The highest BCUT2D eigenvalue weighted by Crippen LogP contribution is 1.80. The van der Waals surface area contributed by atoms with Gasteiger partial charge < -0.3 is 22.7 Å². The van der Waals surface area contributed by atoms with Crippen LogP contribution in [0.5, 0.6) is 0 Å². The summed E-state index contributed by atoms with van der Waals surface area (Å²) in [5.41, 5.74) is 5.11. The lowest BCUT2D eigenvalue weighted by molar-refractivity contribution is -0.00000109. The number of alkyl halides is 1. The number of halogens is 2. The molecule has 0 aromatic heterocycles. The van der Waals surface area contributed by atoms with Crippen LogP contribution in [-0.2, 0) is 0 Å². The Morgan fingerprint density at radius 2 is 2.17 bits per heavy atom. The van der Waals surface area contributed by atoms with E-state index in [4.69, 9.17) is 5.73 Å². The van der Waals surface area contributed by atoms with Crippen molar-refractivity contribution < 1.29 is 18.4 Å². The van der Waals surface area contributed by atoms with Gasteiger partial charge in [-0.05, 0) is 13.0 Å². The first kappa shape index (κ1) is 10.0. The quantitative estimate of drug-likeness (QED) is 0.526. The first-order valence-electron chi connectivity index (χ1n) is 1.68. The van der Waals surface area contributed by atoms with Gasteiger partial charge in [0.1, 0.15) is 0 Å². The number of rotatable bonds is 2. The van der Waals surface area contributed by atoms with Crippen LogP contribution in [0.3, 0.4) is 0 Å². The molecule has 0 unspecified atom stereocenters. The molecule has 0 aliphatic carbocycles. The van der Waals surface area contributed by atoms with E-state index in [1.165, 1.54) is 0 Å². The highest BCUT2D eigenvalue weighted by Gasteiger charge is 1.69. The maximum absolute atomic E-state index is 5.11. The van der Waals surface area contributed by atoms with Crippen molar-refractivity contribution in [3.63, 3.8) is 0 Å². The van der Waals surface area contributed by atoms with Crippen LogP contribution < -0.4 is 22.7 Å². The Balaban J connectivity index is -0.0000000800. The van der Waals surface area contributed by atoms with Crippen LogP contribution in [0.4, 0.5) is 0 Å². The van der Waals surface area contributed by atoms with Gasteiger partial charge in [0, 0.05) is 5.33 Å². The molecule has 2 N–H and O–H groups in total.